The van der Waals surface area contributed by atoms with E-state index in [-0.39, 0.29) is 17.5 Å². The average Bonchev–Trinajstić information content (AvgIpc) is 2.62. The fourth-order valence-electron chi connectivity index (χ4n) is 4.63. The maximum absolute atomic E-state index is 12.5. The minimum absolute atomic E-state index is 0.0516. The number of hydrogen-bond acceptors (Lipinski definition) is 3. The van der Waals surface area contributed by atoms with Crippen molar-refractivity contribution in [3.63, 3.8) is 0 Å². The SMILES string of the molecule is O=C(NCC1(N2CCCCC2)CCCCC1)C1CCCCN1. The monoisotopic (exact) mass is 307 g/mol. The van der Waals surface area contributed by atoms with E-state index in [9.17, 15) is 4.79 Å². The molecule has 3 rings (SSSR count). The third kappa shape index (κ3) is 3.83. The Morgan fingerprint density at radius 1 is 1.00 bits per heavy atom. The first-order chi connectivity index (χ1) is 10.8. The van der Waals surface area contributed by atoms with Gasteiger partial charge in [0.15, 0.2) is 0 Å². The van der Waals surface area contributed by atoms with Crippen LogP contribution in [0.2, 0.25) is 0 Å². The Bertz CT molecular complexity index is 353. The summed E-state index contributed by atoms with van der Waals surface area (Å²) in [6.45, 7) is 4.33. The van der Waals surface area contributed by atoms with Crippen molar-refractivity contribution >= 4 is 5.91 Å². The molecule has 126 valence electrons. The fourth-order valence-corrected chi connectivity index (χ4v) is 4.63. The maximum atomic E-state index is 12.5. The molecule has 4 nitrogen and oxygen atoms in total. The smallest absolute Gasteiger partial charge is 0.237 e. The molecular weight excluding hydrogens is 274 g/mol. The minimum atomic E-state index is 0.0516. The molecule has 2 saturated heterocycles. The van der Waals surface area contributed by atoms with Crippen LogP contribution < -0.4 is 10.6 Å². The molecule has 2 N–H and O–H groups in total. The van der Waals surface area contributed by atoms with Gasteiger partial charge in [0.25, 0.3) is 0 Å². The first-order valence-corrected chi connectivity index (χ1v) is 9.56. The summed E-state index contributed by atoms with van der Waals surface area (Å²) in [6, 6.07) is 0.0516. The molecule has 3 aliphatic rings. The molecule has 0 spiro atoms. The van der Waals surface area contributed by atoms with Crippen molar-refractivity contribution in [2.75, 3.05) is 26.2 Å². The van der Waals surface area contributed by atoms with E-state index in [2.05, 4.69) is 15.5 Å². The molecule has 3 fully saturated rings. The summed E-state index contributed by atoms with van der Waals surface area (Å²) in [5.74, 6) is 0.238. The van der Waals surface area contributed by atoms with Gasteiger partial charge in [0.1, 0.15) is 0 Å². The van der Waals surface area contributed by atoms with E-state index >= 15 is 0 Å². The first kappa shape index (κ1) is 16.3. The van der Waals surface area contributed by atoms with Crippen LogP contribution in [-0.4, -0.2) is 48.6 Å². The maximum Gasteiger partial charge on any atom is 0.237 e. The van der Waals surface area contributed by atoms with Gasteiger partial charge in [0.2, 0.25) is 5.91 Å². The van der Waals surface area contributed by atoms with E-state index in [0.29, 0.717) is 0 Å². The Balaban J connectivity index is 1.58. The van der Waals surface area contributed by atoms with Gasteiger partial charge < -0.3 is 10.6 Å². The molecule has 1 atom stereocenters. The summed E-state index contributed by atoms with van der Waals surface area (Å²) < 4.78 is 0. The van der Waals surface area contributed by atoms with Crippen LogP contribution in [0, 0.1) is 0 Å². The lowest BCUT2D eigenvalue weighted by Gasteiger charge is -2.48. The predicted octanol–water partition coefficient (Wildman–Crippen LogP) is 2.43. The first-order valence-electron chi connectivity index (χ1n) is 9.56. The Labute approximate surface area is 135 Å². The number of carbonyl (C=O) groups excluding carboxylic acids is 1. The molecule has 4 heteroatoms. The lowest BCUT2D eigenvalue weighted by molar-refractivity contribution is -0.124. The summed E-state index contributed by atoms with van der Waals surface area (Å²) in [6.07, 6.45) is 14.0. The highest BCUT2D eigenvalue weighted by Gasteiger charge is 2.39. The van der Waals surface area contributed by atoms with Crippen LogP contribution in [0.5, 0.6) is 0 Å². The van der Waals surface area contributed by atoms with Crippen LogP contribution in [0.25, 0.3) is 0 Å². The van der Waals surface area contributed by atoms with Crippen molar-refractivity contribution in [3.8, 4) is 0 Å². The average molecular weight is 307 g/mol. The fraction of sp³-hybridized carbons (Fsp3) is 0.944. The largest absolute Gasteiger partial charge is 0.353 e. The molecular formula is C18H33N3O. The molecule has 0 aromatic carbocycles. The van der Waals surface area contributed by atoms with E-state index in [4.69, 9.17) is 0 Å². The second kappa shape index (κ2) is 7.78. The van der Waals surface area contributed by atoms with Crippen LogP contribution >= 0.6 is 0 Å². The second-order valence-electron chi connectivity index (χ2n) is 7.55. The van der Waals surface area contributed by atoms with E-state index in [1.54, 1.807) is 0 Å². The van der Waals surface area contributed by atoms with Gasteiger partial charge in [-0.1, -0.05) is 32.1 Å². The number of rotatable bonds is 4. The van der Waals surface area contributed by atoms with Crippen LogP contribution in [0.3, 0.4) is 0 Å². The summed E-state index contributed by atoms with van der Waals surface area (Å²) in [7, 11) is 0. The van der Waals surface area contributed by atoms with Gasteiger partial charge in [-0.2, -0.15) is 0 Å². The Kier molecular flexibility index (Phi) is 5.75. The van der Waals surface area contributed by atoms with Crippen molar-refractivity contribution in [3.05, 3.63) is 0 Å². The number of nitrogens with one attached hydrogen (secondary N) is 2. The van der Waals surface area contributed by atoms with Gasteiger partial charge in [-0.05, 0) is 58.2 Å². The zero-order valence-corrected chi connectivity index (χ0v) is 14.0. The van der Waals surface area contributed by atoms with Crippen molar-refractivity contribution in [2.45, 2.75) is 82.2 Å². The highest BCUT2D eigenvalue weighted by molar-refractivity contribution is 5.81. The number of nitrogens with zero attached hydrogens (tertiary/aromatic N) is 1. The third-order valence-corrected chi connectivity index (χ3v) is 6.03. The molecule has 0 radical (unpaired) electrons. The van der Waals surface area contributed by atoms with E-state index in [1.165, 1.54) is 77.3 Å². The van der Waals surface area contributed by atoms with Crippen LogP contribution in [0.15, 0.2) is 0 Å². The quantitative estimate of drug-likeness (QED) is 0.838. The van der Waals surface area contributed by atoms with Gasteiger partial charge in [-0.3, -0.25) is 9.69 Å². The number of hydrogen-bond donors (Lipinski definition) is 2. The summed E-state index contributed by atoms with van der Waals surface area (Å²) in [5, 5.41) is 6.69. The summed E-state index contributed by atoms with van der Waals surface area (Å²) >= 11 is 0. The van der Waals surface area contributed by atoms with Crippen molar-refractivity contribution in [2.24, 2.45) is 0 Å². The number of amides is 1. The van der Waals surface area contributed by atoms with Gasteiger partial charge in [-0.15, -0.1) is 0 Å². The summed E-state index contributed by atoms with van der Waals surface area (Å²) in [4.78, 5) is 15.2. The Morgan fingerprint density at radius 3 is 2.41 bits per heavy atom. The molecule has 1 unspecified atom stereocenters. The van der Waals surface area contributed by atoms with Crippen LogP contribution in [-0.2, 0) is 4.79 Å². The molecule has 2 heterocycles. The normalized spacial score (nSPS) is 29.9. The Morgan fingerprint density at radius 2 is 1.73 bits per heavy atom. The minimum Gasteiger partial charge on any atom is -0.353 e. The summed E-state index contributed by atoms with van der Waals surface area (Å²) in [5.41, 5.74) is 0.253. The van der Waals surface area contributed by atoms with Crippen molar-refractivity contribution in [1.29, 1.82) is 0 Å². The molecule has 0 aromatic heterocycles. The van der Waals surface area contributed by atoms with E-state index in [1.807, 2.05) is 0 Å². The van der Waals surface area contributed by atoms with Gasteiger partial charge in [0.05, 0.1) is 6.04 Å². The van der Waals surface area contributed by atoms with Gasteiger partial charge >= 0.3 is 0 Å². The molecule has 2 aliphatic heterocycles. The highest BCUT2D eigenvalue weighted by Crippen LogP contribution is 2.35. The van der Waals surface area contributed by atoms with Crippen molar-refractivity contribution < 1.29 is 4.79 Å². The molecule has 0 bridgehead atoms. The highest BCUT2D eigenvalue weighted by atomic mass is 16.2. The standard InChI is InChI=1S/C18H33N3O/c22-17(16-9-3-6-12-19-16)20-15-18(10-4-1-5-11-18)21-13-7-2-8-14-21/h16,19H,1-15H2,(H,20,22). The topological polar surface area (TPSA) is 44.4 Å². The van der Waals surface area contributed by atoms with Gasteiger partial charge in [0, 0.05) is 12.1 Å². The van der Waals surface area contributed by atoms with Gasteiger partial charge in [-0.25, -0.2) is 0 Å². The molecule has 1 amide bonds. The van der Waals surface area contributed by atoms with Crippen LogP contribution in [0.4, 0.5) is 0 Å². The molecule has 0 aromatic rings. The predicted molar refractivity (Wildman–Crippen MR) is 89.9 cm³/mol. The molecule has 1 aliphatic carbocycles. The lowest BCUT2D eigenvalue weighted by atomic mass is 9.79. The zero-order chi connectivity index (χ0) is 15.3. The van der Waals surface area contributed by atoms with E-state index in [0.717, 1.165) is 19.5 Å². The zero-order valence-electron chi connectivity index (χ0n) is 14.0. The molecule has 1 saturated carbocycles. The number of likely N-dealkylation sites (tertiary alicyclic amines) is 1. The number of piperidine rings is 2. The van der Waals surface area contributed by atoms with E-state index < -0.39 is 0 Å². The second-order valence-corrected chi connectivity index (χ2v) is 7.55. The van der Waals surface area contributed by atoms with Crippen molar-refractivity contribution in [1.82, 2.24) is 15.5 Å². The third-order valence-electron chi connectivity index (χ3n) is 6.03. The molecule has 22 heavy (non-hydrogen) atoms. The Hall–Kier alpha value is -0.610. The lowest BCUT2D eigenvalue weighted by Crippen LogP contribution is -2.59. The van der Waals surface area contributed by atoms with Crippen LogP contribution in [0.1, 0.15) is 70.6 Å². The number of carbonyl (C=O) groups is 1.